The zero-order valence-electron chi connectivity index (χ0n) is 17.3. The van der Waals surface area contributed by atoms with Crippen LogP contribution in [0.15, 0.2) is 40.2 Å². The molecule has 28 heavy (non-hydrogen) atoms. The van der Waals surface area contributed by atoms with Gasteiger partial charge in [-0.15, -0.1) is 11.8 Å². The Labute approximate surface area is 172 Å². The summed E-state index contributed by atoms with van der Waals surface area (Å²) in [6, 6.07) is 10.7. The minimum atomic E-state index is -0.00490. The highest BCUT2D eigenvalue weighted by molar-refractivity contribution is 7.99. The fourth-order valence-electron chi connectivity index (χ4n) is 4.06. The number of nitrogens with one attached hydrogen (secondary N) is 2. The van der Waals surface area contributed by atoms with E-state index in [4.69, 9.17) is 4.74 Å². The second-order valence-electron chi connectivity index (χ2n) is 8.23. The molecular formula is C21H32N4O2S. The molecule has 0 bridgehead atoms. The van der Waals surface area contributed by atoms with Crippen LogP contribution < -0.4 is 10.6 Å². The Kier molecular flexibility index (Phi) is 6.88. The molecule has 1 aliphatic carbocycles. The average molecular weight is 405 g/mol. The van der Waals surface area contributed by atoms with Crippen molar-refractivity contribution in [2.75, 3.05) is 39.5 Å². The molecule has 7 heteroatoms. The van der Waals surface area contributed by atoms with Gasteiger partial charge in [-0.3, -0.25) is 4.79 Å². The number of benzene rings is 1. The molecule has 2 fully saturated rings. The predicted octanol–water partition coefficient (Wildman–Crippen LogP) is 2.22. The number of rotatable bonds is 7. The molecular weight excluding hydrogens is 372 g/mol. The van der Waals surface area contributed by atoms with Crippen LogP contribution in [0.3, 0.4) is 0 Å². The van der Waals surface area contributed by atoms with Crippen molar-refractivity contribution >= 4 is 23.6 Å². The third-order valence-corrected chi connectivity index (χ3v) is 6.68. The first-order valence-electron chi connectivity index (χ1n) is 9.94. The summed E-state index contributed by atoms with van der Waals surface area (Å²) in [5.41, 5.74) is 0.0635. The number of carbonyl (C=O) groups excluding carboxylic acids is 1. The molecule has 0 spiro atoms. The quantitative estimate of drug-likeness (QED) is 0.316. The summed E-state index contributed by atoms with van der Waals surface area (Å²) in [6.45, 7) is 6.24. The van der Waals surface area contributed by atoms with Gasteiger partial charge in [0.1, 0.15) is 6.54 Å². The van der Waals surface area contributed by atoms with Crippen LogP contribution in [-0.2, 0) is 9.53 Å². The highest BCUT2D eigenvalue weighted by atomic mass is 32.2. The molecule has 6 nitrogen and oxygen atoms in total. The first-order chi connectivity index (χ1) is 13.4. The van der Waals surface area contributed by atoms with Crippen molar-refractivity contribution in [3.63, 3.8) is 0 Å². The van der Waals surface area contributed by atoms with Crippen LogP contribution in [0.5, 0.6) is 0 Å². The smallest absolute Gasteiger partial charge is 0.243 e. The highest BCUT2D eigenvalue weighted by Gasteiger charge is 2.59. The third-order valence-electron chi connectivity index (χ3n) is 5.67. The minimum Gasteiger partial charge on any atom is -0.377 e. The largest absolute Gasteiger partial charge is 0.377 e. The van der Waals surface area contributed by atoms with Crippen molar-refractivity contribution in [2.45, 2.75) is 37.3 Å². The maximum absolute atomic E-state index is 12.0. The molecule has 1 amide bonds. The van der Waals surface area contributed by atoms with E-state index >= 15 is 0 Å². The van der Waals surface area contributed by atoms with E-state index in [-0.39, 0.29) is 17.9 Å². The Bertz CT molecular complexity index is 693. The Morgan fingerprint density at radius 1 is 1.32 bits per heavy atom. The Morgan fingerprint density at radius 3 is 2.79 bits per heavy atom. The maximum Gasteiger partial charge on any atom is 0.243 e. The van der Waals surface area contributed by atoms with Gasteiger partial charge in [0.2, 0.25) is 5.91 Å². The lowest BCUT2D eigenvalue weighted by atomic mass is 9.57. The molecule has 2 aliphatic rings. The number of likely N-dealkylation sites (N-methyl/N-ethyl adjacent to an activating group) is 1. The zero-order chi connectivity index (χ0) is 20.1. The molecule has 0 aromatic heterocycles. The van der Waals surface area contributed by atoms with Crippen molar-refractivity contribution in [1.29, 1.82) is 0 Å². The number of fused-ring (bicyclic) bond motifs is 1. The summed E-state index contributed by atoms with van der Waals surface area (Å²) < 4.78 is 5.89. The van der Waals surface area contributed by atoms with Crippen LogP contribution in [-0.4, -0.2) is 68.5 Å². The number of aliphatic imine (C=N–C) groups is 1. The van der Waals surface area contributed by atoms with Crippen molar-refractivity contribution in [3.05, 3.63) is 30.3 Å². The van der Waals surface area contributed by atoms with Gasteiger partial charge in [-0.1, -0.05) is 32.0 Å². The topological polar surface area (TPSA) is 66.0 Å². The first-order valence-corrected chi connectivity index (χ1v) is 10.9. The summed E-state index contributed by atoms with van der Waals surface area (Å²) >= 11 is 1.81. The van der Waals surface area contributed by atoms with Gasteiger partial charge in [0.05, 0.1) is 6.10 Å². The molecule has 1 saturated carbocycles. The molecule has 1 aromatic carbocycles. The Balaban J connectivity index is 1.57. The number of thioether (sulfide) groups is 1. The summed E-state index contributed by atoms with van der Waals surface area (Å²) in [5.74, 6) is 2.16. The number of hydrogen-bond donors (Lipinski definition) is 2. The fraction of sp³-hybridized carbons (Fsp3) is 0.619. The van der Waals surface area contributed by atoms with Crippen molar-refractivity contribution in [2.24, 2.45) is 16.3 Å². The summed E-state index contributed by atoms with van der Waals surface area (Å²) in [7, 11) is 3.51. The Hall–Kier alpha value is -1.73. The van der Waals surface area contributed by atoms with Gasteiger partial charge in [0.15, 0.2) is 5.96 Å². The van der Waals surface area contributed by atoms with Gasteiger partial charge in [-0.2, -0.15) is 0 Å². The Morgan fingerprint density at radius 2 is 2.07 bits per heavy atom. The molecule has 1 aliphatic heterocycles. The van der Waals surface area contributed by atoms with Crippen LogP contribution in [0, 0.1) is 11.3 Å². The number of hydrogen-bond acceptors (Lipinski definition) is 4. The average Bonchev–Trinajstić information content (AvgIpc) is 3.14. The lowest BCUT2D eigenvalue weighted by molar-refractivity contribution is -0.127. The van der Waals surface area contributed by atoms with E-state index in [1.54, 1.807) is 30.8 Å². The van der Waals surface area contributed by atoms with Crippen LogP contribution in [0.2, 0.25) is 0 Å². The fourth-order valence-corrected chi connectivity index (χ4v) is 4.85. The van der Waals surface area contributed by atoms with E-state index < -0.39 is 0 Å². The molecule has 1 heterocycles. The zero-order valence-corrected chi connectivity index (χ0v) is 18.1. The number of carbonyl (C=O) groups is 1. The van der Waals surface area contributed by atoms with E-state index in [0.29, 0.717) is 24.0 Å². The molecule has 1 aromatic rings. The number of ether oxygens (including phenoxy) is 1. The SMILES string of the molecule is CN(C)C(=O)CN=C(NCCSc1ccccc1)NC1C2CCOC2C1(C)C. The van der Waals surface area contributed by atoms with E-state index in [9.17, 15) is 4.79 Å². The molecule has 3 rings (SSSR count). The molecule has 2 N–H and O–H groups in total. The lowest BCUT2D eigenvalue weighted by Gasteiger charge is -2.54. The van der Waals surface area contributed by atoms with E-state index in [2.05, 4.69) is 53.7 Å². The monoisotopic (exact) mass is 404 g/mol. The van der Waals surface area contributed by atoms with Gasteiger partial charge in [0, 0.05) is 55.3 Å². The molecule has 3 atom stereocenters. The van der Waals surface area contributed by atoms with Crippen molar-refractivity contribution in [3.8, 4) is 0 Å². The van der Waals surface area contributed by atoms with Crippen LogP contribution >= 0.6 is 11.8 Å². The van der Waals surface area contributed by atoms with Crippen molar-refractivity contribution in [1.82, 2.24) is 15.5 Å². The normalized spacial score (nSPS) is 25.6. The van der Waals surface area contributed by atoms with Crippen molar-refractivity contribution < 1.29 is 9.53 Å². The number of nitrogens with zero attached hydrogens (tertiary/aromatic N) is 2. The van der Waals surface area contributed by atoms with Gasteiger partial charge in [-0.25, -0.2) is 4.99 Å². The minimum absolute atomic E-state index is 0.00490. The standard InChI is InChI=1S/C21H32N4O2S/c1-21(2)18(16-10-12-27-19(16)21)24-20(23-14-17(26)25(3)4)22-11-13-28-15-8-6-5-7-9-15/h5-9,16,18-19H,10-14H2,1-4H3,(H2,22,23,24). The number of amides is 1. The highest BCUT2D eigenvalue weighted by Crippen LogP contribution is 2.52. The maximum atomic E-state index is 12.0. The van der Waals surface area contributed by atoms with Gasteiger partial charge in [-0.05, 0) is 18.6 Å². The first kappa shape index (κ1) is 21.0. The van der Waals surface area contributed by atoms with Gasteiger partial charge >= 0.3 is 0 Å². The molecule has 1 saturated heterocycles. The number of guanidine groups is 1. The molecule has 3 unspecified atom stereocenters. The van der Waals surface area contributed by atoms with Crippen LogP contribution in [0.1, 0.15) is 20.3 Å². The molecule has 0 radical (unpaired) electrons. The van der Waals surface area contributed by atoms with Crippen LogP contribution in [0.25, 0.3) is 0 Å². The second-order valence-corrected chi connectivity index (χ2v) is 9.40. The van der Waals surface area contributed by atoms with Gasteiger partial charge in [0.25, 0.3) is 0 Å². The summed E-state index contributed by atoms with van der Waals surface area (Å²) in [6.07, 6.45) is 1.41. The van der Waals surface area contributed by atoms with E-state index in [1.165, 1.54) is 4.90 Å². The summed E-state index contributed by atoms with van der Waals surface area (Å²) in [4.78, 5) is 19.3. The summed E-state index contributed by atoms with van der Waals surface area (Å²) in [5, 5.41) is 6.99. The van der Waals surface area contributed by atoms with Crippen LogP contribution in [0.4, 0.5) is 0 Å². The van der Waals surface area contributed by atoms with E-state index in [1.807, 2.05) is 6.07 Å². The molecule has 154 valence electrons. The van der Waals surface area contributed by atoms with E-state index in [0.717, 1.165) is 25.3 Å². The predicted molar refractivity (Wildman–Crippen MR) is 115 cm³/mol. The van der Waals surface area contributed by atoms with Gasteiger partial charge < -0.3 is 20.3 Å². The third kappa shape index (κ3) is 4.81. The second kappa shape index (κ2) is 9.18. The lowest BCUT2D eigenvalue weighted by Crippen LogP contribution is -2.68.